The molecular formula is C29H27NO5. The molecule has 3 aromatic carbocycles. The van der Waals surface area contributed by atoms with Crippen molar-refractivity contribution in [2.45, 2.75) is 33.4 Å². The molecule has 0 atom stereocenters. The van der Waals surface area contributed by atoms with Crippen LogP contribution in [0.25, 0.3) is 33.1 Å². The number of rotatable bonds is 8. The molecule has 178 valence electrons. The molecule has 35 heavy (non-hydrogen) atoms. The van der Waals surface area contributed by atoms with Crippen molar-refractivity contribution in [3.63, 3.8) is 0 Å². The van der Waals surface area contributed by atoms with Crippen molar-refractivity contribution in [2.24, 2.45) is 5.73 Å². The molecule has 0 amide bonds. The Morgan fingerprint density at radius 1 is 1.00 bits per heavy atom. The van der Waals surface area contributed by atoms with Gasteiger partial charge in [-0.1, -0.05) is 36.4 Å². The second-order valence-electron chi connectivity index (χ2n) is 8.38. The maximum atomic E-state index is 12.0. The highest BCUT2D eigenvalue weighted by atomic mass is 16.5. The first-order valence-corrected chi connectivity index (χ1v) is 11.7. The number of fused-ring (bicyclic) bond motifs is 3. The zero-order valence-electron chi connectivity index (χ0n) is 19.8. The van der Waals surface area contributed by atoms with Crippen molar-refractivity contribution >= 4 is 27.9 Å². The van der Waals surface area contributed by atoms with Gasteiger partial charge in [0.05, 0.1) is 24.7 Å². The molecule has 0 unspecified atom stereocenters. The Hall–Kier alpha value is -4.03. The van der Waals surface area contributed by atoms with Gasteiger partial charge in [0.25, 0.3) is 0 Å². The third kappa shape index (κ3) is 4.40. The quantitative estimate of drug-likeness (QED) is 0.268. The topological polar surface area (TPSA) is 87.8 Å². The first-order chi connectivity index (χ1) is 17.1. The summed E-state index contributed by atoms with van der Waals surface area (Å²) in [5, 5.41) is 1.88. The summed E-state index contributed by atoms with van der Waals surface area (Å²) in [6, 6.07) is 19.7. The number of nitrogens with two attached hydrogens (primary N) is 1. The number of hydrogen-bond donors (Lipinski definition) is 1. The van der Waals surface area contributed by atoms with Crippen molar-refractivity contribution < 1.29 is 23.1 Å². The maximum absolute atomic E-state index is 12.0. The average Bonchev–Trinajstić information content (AvgIpc) is 3.47. The molecule has 0 saturated heterocycles. The Labute approximate surface area is 203 Å². The van der Waals surface area contributed by atoms with Crippen molar-refractivity contribution in [3.05, 3.63) is 89.4 Å². The average molecular weight is 470 g/mol. The molecule has 0 aliphatic rings. The van der Waals surface area contributed by atoms with E-state index in [0.29, 0.717) is 25.5 Å². The highest BCUT2D eigenvalue weighted by molar-refractivity contribution is 6.10. The van der Waals surface area contributed by atoms with Gasteiger partial charge >= 0.3 is 5.97 Å². The van der Waals surface area contributed by atoms with Crippen LogP contribution in [0, 0.1) is 6.92 Å². The van der Waals surface area contributed by atoms with E-state index in [2.05, 4.69) is 18.2 Å². The fraction of sp³-hybridized carbons (Fsp3) is 0.207. The molecule has 2 aromatic heterocycles. The van der Waals surface area contributed by atoms with Crippen LogP contribution in [0.2, 0.25) is 0 Å². The molecule has 6 nitrogen and oxygen atoms in total. The van der Waals surface area contributed by atoms with E-state index in [9.17, 15) is 4.79 Å². The van der Waals surface area contributed by atoms with E-state index in [4.69, 9.17) is 24.0 Å². The first kappa shape index (κ1) is 22.7. The van der Waals surface area contributed by atoms with Crippen LogP contribution in [0.4, 0.5) is 0 Å². The van der Waals surface area contributed by atoms with Gasteiger partial charge < -0.3 is 24.0 Å². The lowest BCUT2D eigenvalue weighted by atomic mass is 9.98. The van der Waals surface area contributed by atoms with E-state index in [1.165, 1.54) is 0 Å². The van der Waals surface area contributed by atoms with Gasteiger partial charge in [0.1, 0.15) is 29.3 Å². The number of hydrogen-bond acceptors (Lipinski definition) is 6. The molecule has 0 bridgehead atoms. The first-order valence-electron chi connectivity index (χ1n) is 11.7. The molecule has 0 aliphatic heterocycles. The molecule has 0 saturated carbocycles. The SMILES string of the molecule is CCOC(=O)Cc1ccccc1OCc1c(C)oc2c1cc(-c1cccc(CN)c1)c1occc12. The van der Waals surface area contributed by atoms with Gasteiger partial charge in [0, 0.05) is 28.6 Å². The molecule has 0 radical (unpaired) electrons. The molecular weight excluding hydrogens is 442 g/mol. The van der Waals surface area contributed by atoms with Gasteiger partial charge in [-0.2, -0.15) is 0 Å². The zero-order valence-corrected chi connectivity index (χ0v) is 19.8. The van der Waals surface area contributed by atoms with Crippen molar-refractivity contribution in [3.8, 4) is 16.9 Å². The van der Waals surface area contributed by atoms with Crippen molar-refractivity contribution in [1.82, 2.24) is 0 Å². The van der Waals surface area contributed by atoms with Crippen LogP contribution >= 0.6 is 0 Å². The fourth-order valence-electron chi connectivity index (χ4n) is 4.42. The van der Waals surface area contributed by atoms with Crippen molar-refractivity contribution in [2.75, 3.05) is 6.61 Å². The summed E-state index contributed by atoms with van der Waals surface area (Å²) in [6.07, 6.45) is 1.84. The van der Waals surface area contributed by atoms with Gasteiger partial charge in [-0.15, -0.1) is 0 Å². The number of para-hydroxylation sites is 1. The van der Waals surface area contributed by atoms with Crippen LogP contribution in [-0.4, -0.2) is 12.6 Å². The molecule has 2 N–H and O–H groups in total. The highest BCUT2D eigenvalue weighted by Crippen LogP contribution is 2.39. The minimum Gasteiger partial charge on any atom is -0.488 e. The Balaban J connectivity index is 1.54. The summed E-state index contributed by atoms with van der Waals surface area (Å²) in [4.78, 5) is 12.0. The summed E-state index contributed by atoms with van der Waals surface area (Å²) in [7, 11) is 0. The Morgan fingerprint density at radius 2 is 1.86 bits per heavy atom. The van der Waals surface area contributed by atoms with Crippen LogP contribution in [-0.2, 0) is 29.1 Å². The number of benzene rings is 3. The minimum absolute atomic E-state index is 0.159. The van der Waals surface area contributed by atoms with Gasteiger partial charge in [0.15, 0.2) is 0 Å². The van der Waals surface area contributed by atoms with Gasteiger partial charge in [-0.05, 0) is 49.2 Å². The predicted molar refractivity (Wildman–Crippen MR) is 135 cm³/mol. The zero-order chi connectivity index (χ0) is 24.4. The van der Waals surface area contributed by atoms with Crippen LogP contribution in [0.5, 0.6) is 5.75 Å². The summed E-state index contributed by atoms with van der Waals surface area (Å²) in [5.41, 5.74) is 12.2. The largest absolute Gasteiger partial charge is 0.488 e. The molecule has 2 heterocycles. The second kappa shape index (κ2) is 9.68. The smallest absolute Gasteiger partial charge is 0.310 e. The monoisotopic (exact) mass is 469 g/mol. The molecule has 0 spiro atoms. The van der Waals surface area contributed by atoms with Gasteiger partial charge in [-0.3, -0.25) is 4.79 Å². The number of esters is 1. The Kier molecular flexibility index (Phi) is 6.29. The van der Waals surface area contributed by atoms with Crippen LogP contribution < -0.4 is 10.5 Å². The maximum Gasteiger partial charge on any atom is 0.310 e. The lowest BCUT2D eigenvalue weighted by Gasteiger charge is -2.11. The Morgan fingerprint density at radius 3 is 2.69 bits per heavy atom. The van der Waals surface area contributed by atoms with Gasteiger partial charge in [0.2, 0.25) is 0 Å². The van der Waals surface area contributed by atoms with Crippen LogP contribution in [0.3, 0.4) is 0 Å². The Bertz CT molecular complexity index is 1510. The van der Waals surface area contributed by atoms with E-state index >= 15 is 0 Å². The third-order valence-electron chi connectivity index (χ3n) is 6.15. The summed E-state index contributed by atoms with van der Waals surface area (Å²) >= 11 is 0. The summed E-state index contributed by atoms with van der Waals surface area (Å²) in [6.45, 7) is 4.84. The molecule has 0 aliphatic carbocycles. The van der Waals surface area contributed by atoms with Gasteiger partial charge in [-0.25, -0.2) is 0 Å². The third-order valence-corrected chi connectivity index (χ3v) is 6.15. The lowest BCUT2D eigenvalue weighted by molar-refractivity contribution is -0.142. The van der Waals surface area contributed by atoms with E-state index in [-0.39, 0.29) is 12.4 Å². The van der Waals surface area contributed by atoms with Crippen LogP contribution in [0.1, 0.15) is 29.4 Å². The molecule has 5 aromatic rings. The van der Waals surface area contributed by atoms with Crippen LogP contribution in [0.15, 0.2) is 75.8 Å². The van der Waals surface area contributed by atoms with E-state index in [1.807, 2.05) is 49.4 Å². The molecule has 0 fully saturated rings. The number of aryl methyl sites for hydroxylation is 1. The number of ether oxygens (including phenoxy) is 2. The summed E-state index contributed by atoms with van der Waals surface area (Å²) in [5.74, 6) is 1.15. The van der Waals surface area contributed by atoms with Crippen molar-refractivity contribution in [1.29, 1.82) is 0 Å². The standard InChI is InChI=1S/C29H27NO5/c1-3-32-27(31)14-21-8-4-5-10-26(21)34-17-25-18(2)35-29-22-11-12-33-28(22)23(15-24(25)29)20-9-6-7-19(13-20)16-30/h4-13,15H,3,14,16-17,30H2,1-2H3. The second-order valence-corrected chi connectivity index (χ2v) is 8.38. The number of carbonyl (C=O) groups excluding carboxylic acids is 1. The predicted octanol–water partition coefficient (Wildman–Crippen LogP) is 6.30. The minimum atomic E-state index is -0.278. The van der Waals surface area contributed by atoms with E-state index < -0.39 is 0 Å². The fourth-order valence-corrected chi connectivity index (χ4v) is 4.42. The normalized spacial score (nSPS) is 11.3. The number of carbonyl (C=O) groups is 1. The highest BCUT2D eigenvalue weighted by Gasteiger charge is 2.20. The molecule has 5 rings (SSSR count). The summed E-state index contributed by atoms with van der Waals surface area (Å²) < 4.78 is 23.4. The number of furan rings is 2. The van der Waals surface area contributed by atoms with E-state index in [1.54, 1.807) is 13.2 Å². The lowest BCUT2D eigenvalue weighted by Crippen LogP contribution is -2.09. The van der Waals surface area contributed by atoms with E-state index in [0.717, 1.165) is 55.5 Å². The molecule has 6 heteroatoms.